The first-order chi connectivity index (χ1) is 31.2. The van der Waals surface area contributed by atoms with E-state index >= 15 is 0 Å². The molecule has 0 fully saturated rings. The van der Waals surface area contributed by atoms with Gasteiger partial charge in [0.2, 0.25) is 0 Å². The molecule has 0 N–H and O–H groups in total. The SMILES string of the molecule is C=C(CCCCCCCCC(CCCCCCCCC(C)(C)OC(CCCCCC)CCCCCC)N(CCCC)C(=C)CCCCCCC)CC(CCCCCC)CCCCCC. The summed E-state index contributed by atoms with van der Waals surface area (Å²) in [6, 6.07) is 0.685. The Kier molecular flexibility index (Phi) is 46.8. The van der Waals surface area contributed by atoms with Gasteiger partial charge in [-0.05, 0) is 90.4 Å². The molecule has 0 radical (unpaired) electrons. The molecule has 64 heavy (non-hydrogen) atoms. The fourth-order valence-electron chi connectivity index (χ4n) is 10.5. The number of nitrogens with zero attached hydrogens (tertiary/aromatic N) is 1. The van der Waals surface area contributed by atoms with E-state index in [4.69, 9.17) is 11.3 Å². The number of unbranched alkanes of at least 4 members (excludes halogenated alkanes) is 27. The first-order valence-electron chi connectivity index (χ1n) is 30.0. The molecule has 0 saturated carbocycles. The van der Waals surface area contributed by atoms with Crippen LogP contribution in [0.3, 0.4) is 0 Å². The molecule has 2 heteroatoms. The molecule has 0 spiro atoms. The van der Waals surface area contributed by atoms with E-state index in [2.05, 4.69) is 66.9 Å². The molecule has 2 nitrogen and oxygen atoms in total. The first kappa shape index (κ1) is 63.2. The van der Waals surface area contributed by atoms with Crippen molar-refractivity contribution in [3.05, 3.63) is 24.4 Å². The van der Waals surface area contributed by atoms with Crippen LogP contribution in [0, 0.1) is 5.92 Å². The second-order valence-corrected chi connectivity index (χ2v) is 22.0. The summed E-state index contributed by atoms with van der Waals surface area (Å²) in [4.78, 5) is 2.83. The minimum Gasteiger partial charge on any atom is -0.372 e. The Hall–Kier alpha value is -0.760. The molecule has 0 heterocycles. The zero-order valence-electron chi connectivity index (χ0n) is 46.0. The molecule has 1 unspecified atom stereocenters. The Morgan fingerprint density at radius 3 is 1.23 bits per heavy atom. The maximum absolute atomic E-state index is 6.88. The van der Waals surface area contributed by atoms with Gasteiger partial charge in [-0.25, -0.2) is 0 Å². The van der Waals surface area contributed by atoms with E-state index in [-0.39, 0.29) is 5.60 Å². The predicted octanol–water partition coefficient (Wildman–Crippen LogP) is 22.2. The summed E-state index contributed by atoms with van der Waals surface area (Å²) in [7, 11) is 0. The van der Waals surface area contributed by atoms with E-state index in [0.29, 0.717) is 12.1 Å². The Morgan fingerprint density at radius 1 is 0.406 bits per heavy atom. The summed E-state index contributed by atoms with van der Waals surface area (Å²) >= 11 is 0. The Balaban J connectivity index is 4.96. The highest BCUT2D eigenvalue weighted by molar-refractivity contribution is 4.98. The van der Waals surface area contributed by atoms with Crippen LogP contribution >= 0.6 is 0 Å². The zero-order chi connectivity index (χ0) is 47.2. The van der Waals surface area contributed by atoms with E-state index in [0.717, 1.165) is 5.92 Å². The molecule has 0 rings (SSSR count). The first-order valence-corrected chi connectivity index (χ1v) is 30.0. The van der Waals surface area contributed by atoms with Gasteiger partial charge >= 0.3 is 0 Å². The third-order valence-electron chi connectivity index (χ3n) is 14.8. The van der Waals surface area contributed by atoms with Gasteiger partial charge < -0.3 is 9.64 Å². The molecular formula is C62H123NO. The van der Waals surface area contributed by atoms with Crippen molar-refractivity contribution in [2.24, 2.45) is 5.92 Å². The minimum absolute atomic E-state index is 0.00690. The van der Waals surface area contributed by atoms with Crippen molar-refractivity contribution in [3.63, 3.8) is 0 Å². The molecule has 1 atom stereocenters. The van der Waals surface area contributed by atoms with Crippen LogP contribution in [0.2, 0.25) is 0 Å². The number of ether oxygens (including phenoxy) is 1. The van der Waals surface area contributed by atoms with Gasteiger partial charge in [-0.1, -0.05) is 279 Å². The van der Waals surface area contributed by atoms with Gasteiger partial charge in [0.05, 0.1) is 11.7 Å². The normalized spacial score (nSPS) is 12.5. The molecule has 382 valence electrons. The summed E-state index contributed by atoms with van der Waals surface area (Å²) in [6.45, 7) is 29.3. The van der Waals surface area contributed by atoms with Crippen molar-refractivity contribution >= 4 is 0 Å². The van der Waals surface area contributed by atoms with Crippen LogP contribution in [-0.2, 0) is 4.74 Å². The summed E-state index contributed by atoms with van der Waals surface area (Å²) in [5.41, 5.74) is 3.01. The summed E-state index contributed by atoms with van der Waals surface area (Å²) in [6.07, 6.45) is 61.4. The maximum atomic E-state index is 6.88. The van der Waals surface area contributed by atoms with E-state index in [1.807, 2.05) is 0 Å². The van der Waals surface area contributed by atoms with Crippen LogP contribution in [-0.4, -0.2) is 29.2 Å². The van der Waals surface area contributed by atoms with Crippen molar-refractivity contribution in [2.45, 2.75) is 362 Å². The zero-order valence-corrected chi connectivity index (χ0v) is 46.0. The van der Waals surface area contributed by atoms with E-state index in [1.54, 1.807) is 5.57 Å². The topological polar surface area (TPSA) is 12.5 Å². The van der Waals surface area contributed by atoms with Crippen LogP contribution in [0.1, 0.15) is 344 Å². The third kappa shape index (κ3) is 40.3. The standard InChI is InChI=1S/C62H123NO/c1-11-17-23-32-38-47-58(8)63(55-22-16-6)60(50-41-34-29-28-33-37-46-57(7)56-59(48-39-24-18-12-2)49-40-25-19-13-3)51-42-35-30-31-36-45-54-62(9,10)64-61(52-43-26-20-14-4)53-44-27-21-15-5/h59-61H,7-8,11-56H2,1-6,9-10H3. The van der Waals surface area contributed by atoms with Gasteiger partial charge in [0.1, 0.15) is 0 Å². The largest absolute Gasteiger partial charge is 0.372 e. The second-order valence-electron chi connectivity index (χ2n) is 22.0. The van der Waals surface area contributed by atoms with Gasteiger partial charge in [0.25, 0.3) is 0 Å². The number of rotatable bonds is 53. The lowest BCUT2D eigenvalue weighted by Crippen LogP contribution is -2.35. The average Bonchev–Trinajstić information content (AvgIpc) is 3.27. The highest BCUT2D eigenvalue weighted by Gasteiger charge is 2.24. The van der Waals surface area contributed by atoms with Crippen molar-refractivity contribution < 1.29 is 4.74 Å². The molecule has 0 aromatic rings. The molecule has 0 amide bonds. The smallest absolute Gasteiger partial charge is 0.0630 e. The highest BCUT2D eigenvalue weighted by Crippen LogP contribution is 2.29. The van der Waals surface area contributed by atoms with E-state index in [9.17, 15) is 0 Å². The average molecular weight is 899 g/mol. The Bertz CT molecular complexity index is 944. The fourth-order valence-corrected chi connectivity index (χ4v) is 10.5. The predicted molar refractivity (Wildman–Crippen MR) is 293 cm³/mol. The van der Waals surface area contributed by atoms with Gasteiger partial charge in [-0.3, -0.25) is 0 Å². The molecule has 0 aliphatic carbocycles. The number of allylic oxidation sites excluding steroid dienone is 2. The van der Waals surface area contributed by atoms with Crippen LogP contribution in [0.4, 0.5) is 0 Å². The van der Waals surface area contributed by atoms with Crippen molar-refractivity contribution in [2.75, 3.05) is 6.54 Å². The second kappa shape index (κ2) is 47.3. The monoisotopic (exact) mass is 898 g/mol. The molecule has 0 aromatic carbocycles. The lowest BCUT2D eigenvalue weighted by Gasteiger charge is -2.36. The summed E-state index contributed by atoms with van der Waals surface area (Å²) in [5.74, 6) is 0.888. The lowest BCUT2D eigenvalue weighted by atomic mass is 9.87. The van der Waals surface area contributed by atoms with Crippen LogP contribution < -0.4 is 0 Å². The molecule has 0 bridgehead atoms. The lowest BCUT2D eigenvalue weighted by molar-refractivity contribution is -0.0843. The van der Waals surface area contributed by atoms with Crippen LogP contribution in [0.15, 0.2) is 24.4 Å². The van der Waals surface area contributed by atoms with Crippen molar-refractivity contribution in [1.29, 1.82) is 0 Å². The van der Waals surface area contributed by atoms with Crippen LogP contribution in [0.25, 0.3) is 0 Å². The highest BCUT2D eigenvalue weighted by atomic mass is 16.5. The number of hydrogen-bond acceptors (Lipinski definition) is 2. The Labute approximate surface area is 406 Å². The van der Waals surface area contributed by atoms with Crippen LogP contribution in [0.5, 0.6) is 0 Å². The minimum atomic E-state index is 0.00690. The van der Waals surface area contributed by atoms with Crippen molar-refractivity contribution in [3.8, 4) is 0 Å². The molecule has 0 aliphatic rings. The third-order valence-corrected chi connectivity index (χ3v) is 14.8. The summed E-state index contributed by atoms with van der Waals surface area (Å²) < 4.78 is 6.88. The van der Waals surface area contributed by atoms with Gasteiger partial charge in [-0.15, -0.1) is 0 Å². The molecule has 0 aliphatic heterocycles. The molecule has 0 aromatic heterocycles. The van der Waals surface area contributed by atoms with Gasteiger partial charge in [0, 0.05) is 18.3 Å². The number of hydrogen-bond donors (Lipinski definition) is 0. The van der Waals surface area contributed by atoms with E-state index < -0.39 is 0 Å². The van der Waals surface area contributed by atoms with Gasteiger partial charge in [-0.2, -0.15) is 0 Å². The molecule has 0 saturated heterocycles. The van der Waals surface area contributed by atoms with Crippen molar-refractivity contribution in [1.82, 2.24) is 4.90 Å². The van der Waals surface area contributed by atoms with Gasteiger partial charge in [0.15, 0.2) is 0 Å². The maximum Gasteiger partial charge on any atom is 0.0630 e. The quantitative estimate of drug-likeness (QED) is 0.0446. The fraction of sp³-hybridized carbons (Fsp3) is 0.935. The molecular weight excluding hydrogens is 775 g/mol. The summed E-state index contributed by atoms with van der Waals surface area (Å²) in [5, 5.41) is 0. The van der Waals surface area contributed by atoms with E-state index in [1.165, 1.54) is 301 Å². The Morgan fingerprint density at radius 2 is 0.766 bits per heavy atom.